The standard InChI is InChI=1S/C39H37Cl2NO2/c1-5-7-13-24-21-36(42-34-17-11-9-15-30(34)39(3,4)31-16-10-12-18-35(31)42)25(14-8-6-2)19-26(24)20-29-37(43)27-22-32(40)33(41)23-28(27)38(29)44/h9-12,15-23H,5-8,13-14H2,1-4H3. The number of hydrogen-bond acceptors (Lipinski definition) is 3. The van der Waals surface area contributed by atoms with Crippen molar-refractivity contribution in [3.63, 3.8) is 0 Å². The quantitative estimate of drug-likeness (QED) is 0.145. The van der Waals surface area contributed by atoms with Crippen LogP contribution in [0.4, 0.5) is 17.1 Å². The van der Waals surface area contributed by atoms with E-state index >= 15 is 0 Å². The van der Waals surface area contributed by atoms with Gasteiger partial charge in [-0.05, 0) is 96.0 Å². The van der Waals surface area contributed by atoms with Gasteiger partial charge < -0.3 is 4.90 Å². The fraction of sp³-hybridized carbons (Fsp3) is 0.282. The van der Waals surface area contributed by atoms with Crippen LogP contribution in [0.15, 0.2) is 78.4 Å². The van der Waals surface area contributed by atoms with E-state index in [1.807, 2.05) is 0 Å². The maximum atomic E-state index is 13.5. The number of Topliss-reactive ketones (excluding diaryl/α,β-unsaturated/α-hetero) is 2. The first kappa shape index (κ1) is 30.4. The summed E-state index contributed by atoms with van der Waals surface area (Å²) >= 11 is 12.5. The van der Waals surface area contributed by atoms with Crippen molar-refractivity contribution in [2.45, 2.75) is 71.6 Å². The lowest BCUT2D eigenvalue weighted by molar-refractivity contribution is 0.0990. The lowest BCUT2D eigenvalue weighted by Crippen LogP contribution is -2.31. The molecule has 1 aliphatic carbocycles. The maximum absolute atomic E-state index is 13.5. The summed E-state index contributed by atoms with van der Waals surface area (Å²) in [4.78, 5) is 29.4. The van der Waals surface area contributed by atoms with E-state index in [4.69, 9.17) is 23.2 Å². The number of ketones is 2. The third kappa shape index (κ3) is 5.10. The van der Waals surface area contributed by atoms with E-state index in [2.05, 4.69) is 93.3 Å². The first-order valence-electron chi connectivity index (χ1n) is 15.6. The van der Waals surface area contributed by atoms with Crippen molar-refractivity contribution in [2.75, 3.05) is 4.90 Å². The van der Waals surface area contributed by atoms with Crippen LogP contribution in [-0.2, 0) is 18.3 Å². The van der Waals surface area contributed by atoms with Crippen molar-refractivity contribution in [1.29, 1.82) is 0 Å². The zero-order valence-electron chi connectivity index (χ0n) is 25.8. The first-order valence-corrected chi connectivity index (χ1v) is 16.4. The Bertz CT molecular complexity index is 1740. The number of unbranched alkanes of at least 4 members (excludes halogenated alkanes) is 2. The number of para-hydroxylation sites is 2. The Labute approximate surface area is 270 Å². The second-order valence-electron chi connectivity index (χ2n) is 12.4. The molecule has 0 amide bonds. The Morgan fingerprint density at radius 2 is 1.18 bits per heavy atom. The number of anilines is 3. The summed E-state index contributed by atoms with van der Waals surface area (Å²) in [5.41, 5.74) is 10.0. The molecule has 0 saturated heterocycles. The first-order chi connectivity index (χ1) is 21.2. The molecule has 0 unspecified atom stereocenters. The van der Waals surface area contributed by atoms with E-state index in [1.165, 1.54) is 40.2 Å². The van der Waals surface area contributed by atoms with Crippen LogP contribution in [0.3, 0.4) is 0 Å². The minimum absolute atomic E-state index is 0.146. The monoisotopic (exact) mass is 621 g/mol. The van der Waals surface area contributed by atoms with Gasteiger partial charge in [-0.1, -0.05) is 100 Å². The van der Waals surface area contributed by atoms with Gasteiger partial charge in [0.15, 0.2) is 11.6 Å². The van der Waals surface area contributed by atoms with Crippen molar-refractivity contribution in [3.8, 4) is 0 Å². The highest BCUT2D eigenvalue weighted by Crippen LogP contribution is 2.52. The highest BCUT2D eigenvalue weighted by molar-refractivity contribution is 6.46. The Balaban J connectivity index is 1.56. The number of rotatable bonds is 8. The molecule has 0 spiro atoms. The van der Waals surface area contributed by atoms with Gasteiger partial charge in [0.25, 0.3) is 0 Å². The summed E-state index contributed by atoms with van der Waals surface area (Å²) in [7, 11) is 0. The van der Waals surface area contributed by atoms with Crippen LogP contribution in [0.5, 0.6) is 0 Å². The van der Waals surface area contributed by atoms with Crippen LogP contribution in [0.25, 0.3) is 6.08 Å². The van der Waals surface area contributed by atoms with Gasteiger partial charge in [-0.2, -0.15) is 0 Å². The predicted octanol–water partition coefficient (Wildman–Crippen LogP) is 11.3. The number of carbonyl (C=O) groups is 2. The molecule has 1 heterocycles. The SMILES string of the molecule is CCCCc1cc(N2c3ccccc3C(C)(C)c3ccccc32)c(CCCC)cc1C=C1C(=O)c2cc(Cl)c(Cl)cc2C1=O. The Morgan fingerprint density at radius 1 is 0.682 bits per heavy atom. The molecule has 2 aliphatic rings. The van der Waals surface area contributed by atoms with Gasteiger partial charge in [-0.15, -0.1) is 0 Å². The summed E-state index contributed by atoms with van der Waals surface area (Å²) in [6.45, 7) is 8.99. The van der Waals surface area contributed by atoms with Crippen LogP contribution >= 0.6 is 23.2 Å². The molecule has 4 aromatic rings. The molecule has 0 radical (unpaired) electrons. The molecule has 3 nitrogen and oxygen atoms in total. The second-order valence-corrected chi connectivity index (χ2v) is 13.2. The summed E-state index contributed by atoms with van der Waals surface area (Å²) in [6, 6.07) is 25.0. The van der Waals surface area contributed by atoms with Gasteiger partial charge in [0, 0.05) is 22.2 Å². The molecule has 224 valence electrons. The Morgan fingerprint density at radius 3 is 1.70 bits per heavy atom. The number of nitrogens with zero attached hydrogens (tertiary/aromatic N) is 1. The molecule has 0 N–H and O–H groups in total. The van der Waals surface area contributed by atoms with Crippen molar-refractivity contribution in [1.82, 2.24) is 0 Å². The van der Waals surface area contributed by atoms with Crippen LogP contribution in [0.2, 0.25) is 10.0 Å². The molecule has 0 atom stereocenters. The molecule has 0 aromatic heterocycles. The molecule has 4 aromatic carbocycles. The summed E-state index contributed by atoms with van der Waals surface area (Å²) in [5.74, 6) is -0.601. The Hall–Kier alpha value is -3.66. The van der Waals surface area contributed by atoms with E-state index in [-0.39, 0.29) is 32.6 Å². The van der Waals surface area contributed by atoms with Crippen LogP contribution in [0.1, 0.15) is 102 Å². The van der Waals surface area contributed by atoms with Crippen LogP contribution < -0.4 is 4.90 Å². The fourth-order valence-corrected chi connectivity index (χ4v) is 7.05. The van der Waals surface area contributed by atoms with Crippen molar-refractivity contribution in [2.24, 2.45) is 0 Å². The highest BCUT2D eigenvalue weighted by atomic mass is 35.5. The van der Waals surface area contributed by atoms with E-state index in [9.17, 15) is 9.59 Å². The molecule has 0 bridgehead atoms. The predicted molar refractivity (Wildman–Crippen MR) is 184 cm³/mol. The van der Waals surface area contributed by atoms with Gasteiger partial charge in [-0.3, -0.25) is 9.59 Å². The largest absolute Gasteiger partial charge is 0.310 e. The van der Waals surface area contributed by atoms with Gasteiger partial charge in [-0.25, -0.2) is 0 Å². The summed E-state index contributed by atoms with van der Waals surface area (Å²) < 4.78 is 0. The van der Waals surface area contributed by atoms with E-state index in [0.29, 0.717) is 11.1 Å². The third-order valence-electron chi connectivity index (χ3n) is 9.16. The summed E-state index contributed by atoms with van der Waals surface area (Å²) in [5, 5.41) is 0.542. The van der Waals surface area contributed by atoms with Crippen molar-refractivity contribution < 1.29 is 9.59 Å². The van der Waals surface area contributed by atoms with E-state index in [0.717, 1.165) is 55.3 Å². The smallest absolute Gasteiger partial charge is 0.197 e. The zero-order valence-corrected chi connectivity index (χ0v) is 27.3. The number of benzene rings is 4. The molecular formula is C39H37Cl2NO2. The minimum Gasteiger partial charge on any atom is -0.310 e. The van der Waals surface area contributed by atoms with Crippen LogP contribution in [-0.4, -0.2) is 11.6 Å². The van der Waals surface area contributed by atoms with Crippen molar-refractivity contribution in [3.05, 3.63) is 127 Å². The lowest BCUT2D eigenvalue weighted by Gasteiger charge is -2.42. The zero-order chi connectivity index (χ0) is 31.2. The van der Waals surface area contributed by atoms with Gasteiger partial charge in [0.05, 0.1) is 27.0 Å². The second kappa shape index (κ2) is 12.0. The molecule has 1 aliphatic heterocycles. The number of hydrogen-bond donors (Lipinski definition) is 0. The maximum Gasteiger partial charge on any atom is 0.197 e. The Kier molecular flexibility index (Phi) is 8.30. The van der Waals surface area contributed by atoms with Crippen LogP contribution in [0, 0.1) is 0 Å². The molecule has 0 saturated carbocycles. The normalized spacial score (nSPS) is 14.9. The third-order valence-corrected chi connectivity index (χ3v) is 9.88. The fourth-order valence-electron chi connectivity index (χ4n) is 6.72. The minimum atomic E-state index is -0.301. The number of aryl methyl sites for hydroxylation is 2. The van der Waals surface area contributed by atoms with Gasteiger partial charge in [0.2, 0.25) is 0 Å². The molecule has 44 heavy (non-hydrogen) atoms. The average Bonchev–Trinajstić information content (AvgIpc) is 3.24. The molecule has 0 fully saturated rings. The van der Waals surface area contributed by atoms with Crippen molar-refractivity contribution >= 4 is 57.9 Å². The lowest BCUT2D eigenvalue weighted by atomic mass is 9.73. The molecule has 6 rings (SSSR count). The number of halogens is 2. The van der Waals surface area contributed by atoms with Gasteiger partial charge >= 0.3 is 0 Å². The number of carbonyl (C=O) groups excluding carboxylic acids is 2. The number of allylic oxidation sites excluding steroid dienone is 1. The number of fused-ring (bicyclic) bond motifs is 3. The van der Waals surface area contributed by atoms with E-state index < -0.39 is 0 Å². The molecular weight excluding hydrogens is 585 g/mol. The van der Waals surface area contributed by atoms with Gasteiger partial charge in [0.1, 0.15) is 0 Å². The molecule has 5 heteroatoms. The summed E-state index contributed by atoms with van der Waals surface area (Å²) in [6.07, 6.45) is 7.64. The topological polar surface area (TPSA) is 37.4 Å². The highest BCUT2D eigenvalue weighted by Gasteiger charge is 2.38. The average molecular weight is 623 g/mol. The van der Waals surface area contributed by atoms with E-state index in [1.54, 1.807) is 6.08 Å².